The number of carbonyl (C=O) groups excluding carboxylic acids is 1. The summed E-state index contributed by atoms with van der Waals surface area (Å²) in [6, 6.07) is 0.552. The van der Waals surface area contributed by atoms with E-state index in [1.54, 1.807) is 6.92 Å². The van der Waals surface area contributed by atoms with Crippen LogP contribution in [-0.4, -0.2) is 43.5 Å². The summed E-state index contributed by atoms with van der Waals surface area (Å²) in [7, 11) is 2.07. The Bertz CT molecular complexity index is 147. The third kappa shape index (κ3) is 13.6. The number of hydrogen-bond donors (Lipinski definition) is 0. The van der Waals surface area contributed by atoms with Crippen LogP contribution in [0.3, 0.4) is 0 Å². The number of carbonyl (C=O) groups is 1. The fourth-order valence-corrected chi connectivity index (χ4v) is 0.785. The first-order chi connectivity index (χ1) is 7.04. The van der Waals surface area contributed by atoms with Gasteiger partial charge in [0.25, 0.3) is 0 Å². The SMILES string of the molecule is CC.CC(=O)CCOCCN(C)C(C)C. The number of ketones is 1. The Kier molecular flexibility index (Phi) is 13.2. The van der Waals surface area contributed by atoms with Gasteiger partial charge in [0.05, 0.1) is 13.2 Å². The number of likely N-dealkylation sites (N-methyl/N-ethyl adjacent to an activating group) is 1. The van der Waals surface area contributed by atoms with Crippen molar-refractivity contribution in [2.45, 2.75) is 47.1 Å². The molecule has 3 nitrogen and oxygen atoms in total. The van der Waals surface area contributed by atoms with Gasteiger partial charge in [-0.1, -0.05) is 13.8 Å². The molecule has 0 amide bonds. The highest BCUT2D eigenvalue weighted by molar-refractivity contribution is 5.75. The lowest BCUT2D eigenvalue weighted by atomic mass is 10.3. The van der Waals surface area contributed by atoms with E-state index in [1.807, 2.05) is 13.8 Å². The predicted molar refractivity (Wildman–Crippen MR) is 65.2 cm³/mol. The zero-order valence-electron chi connectivity index (χ0n) is 11.2. The fourth-order valence-electron chi connectivity index (χ4n) is 0.785. The van der Waals surface area contributed by atoms with Gasteiger partial charge in [-0.05, 0) is 27.8 Å². The van der Waals surface area contributed by atoms with E-state index in [1.165, 1.54) is 0 Å². The molecule has 0 fully saturated rings. The van der Waals surface area contributed by atoms with Crippen LogP contribution >= 0.6 is 0 Å². The largest absolute Gasteiger partial charge is 0.380 e. The molecule has 0 heterocycles. The summed E-state index contributed by atoms with van der Waals surface area (Å²) in [4.78, 5) is 12.8. The minimum atomic E-state index is 0.192. The van der Waals surface area contributed by atoms with Crippen LogP contribution in [-0.2, 0) is 9.53 Å². The Morgan fingerprint density at radius 3 is 2.20 bits per heavy atom. The lowest BCUT2D eigenvalue weighted by molar-refractivity contribution is -0.118. The van der Waals surface area contributed by atoms with Crippen LogP contribution in [0.2, 0.25) is 0 Å². The van der Waals surface area contributed by atoms with Crippen molar-refractivity contribution in [2.24, 2.45) is 0 Å². The van der Waals surface area contributed by atoms with Gasteiger partial charge in [-0.2, -0.15) is 0 Å². The molecule has 0 saturated heterocycles. The summed E-state index contributed by atoms with van der Waals surface area (Å²) in [5.41, 5.74) is 0. The Hall–Kier alpha value is -0.410. The van der Waals surface area contributed by atoms with E-state index in [0.717, 1.165) is 6.54 Å². The number of rotatable bonds is 7. The van der Waals surface area contributed by atoms with Gasteiger partial charge in [0.2, 0.25) is 0 Å². The lowest BCUT2D eigenvalue weighted by Gasteiger charge is -2.20. The average molecular weight is 217 g/mol. The smallest absolute Gasteiger partial charge is 0.132 e. The summed E-state index contributed by atoms with van der Waals surface area (Å²) in [6.07, 6.45) is 0.533. The number of Topliss-reactive ketones (excluding diaryl/α,β-unsaturated/α-hetero) is 1. The summed E-state index contributed by atoms with van der Waals surface area (Å²) in [6.45, 7) is 12.1. The molecule has 0 unspecified atom stereocenters. The van der Waals surface area contributed by atoms with Crippen molar-refractivity contribution in [3.8, 4) is 0 Å². The van der Waals surface area contributed by atoms with Gasteiger partial charge < -0.3 is 9.64 Å². The van der Waals surface area contributed by atoms with Crippen LogP contribution in [0, 0.1) is 0 Å². The maximum Gasteiger partial charge on any atom is 0.132 e. The van der Waals surface area contributed by atoms with E-state index in [2.05, 4.69) is 25.8 Å². The molecule has 3 heteroatoms. The van der Waals surface area contributed by atoms with Gasteiger partial charge in [0.15, 0.2) is 0 Å². The molecule has 0 aliphatic rings. The average Bonchev–Trinajstić information content (AvgIpc) is 2.19. The van der Waals surface area contributed by atoms with Crippen molar-refractivity contribution >= 4 is 5.78 Å². The maximum atomic E-state index is 10.6. The molecule has 92 valence electrons. The van der Waals surface area contributed by atoms with Gasteiger partial charge in [-0.25, -0.2) is 0 Å². The van der Waals surface area contributed by atoms with E-state index in [0.29, 0.717) is 25.7 Å². The van der Waals surface area contributed by atoms with Gasteiger partial charge in [-0.15, -0.1) is 0 Å². The minimum Gasteiger partial charge on any atom is -0.380 e. The van der Waals surface area contributed by atoms with E-state index < -0.39 is 0 Å². The number of hydrogen-bond acceptors (Lipinski definition) is 3. The molecule has 0 N–H and O–H groups in total. The normalized spacial score (nSPS) is 10.1. The highest BCUT2D eigenvalue weighted by atomic mass is 16.5. The van der Waals surface area contributed by atoms with Crippen molar-refractivity contribution in [1.82, 2.24) is 4.90 Å². The molecule has 0 aliphatic heterocycles. The second-order valence-electron chi connectivity index (χ2n) is 3.64. The topological polar surface area (TPSA) is 29.5 Å². The molecule has 0 aromatic rings. The van der Waals surface area contributed by atoms with Crippen LogP contribution < -0.4 is 0 Å². The molecule has 0 saturated carbocycles. The number of ether oxygens (including phenoxy) is 1. The van der Waals surface area contributed by atoms with Crippen molar-refractivity contribution in [3.05, 3.63) is 0 Å². The quantitative estimate of drug-likeness (QED) is 0.613. The standard InChI is InChI=1S/C10H21NO2.C2H6/c1-9(2)11(4)6-8-13-7-5-10(3)12;1-2/h9H,5-8H2,1-4H3;1-2H3. The molecule has 0 aliphatic carbocycles. The Morgan fingerprint density at radius 1 is 1.27 bits per heavy atom. The van der Waals surface area contributed by atoms with Crippen molar-refractivity contribution < 1.29 is 9.53 Å². The fraction of sp³-hybridized carbons (Fsp3) is 0.917. The van der Waals surface area contributed by atoms with E-state index >= 15 is 0 Å². The molecule has 0 rings (SSSR count). The van der Waals surface area contributed by atoms with Crippen molar-refractivity contribution in [2.75, 3.05) is 26.8 Å². The van der Waals surface area contributed by atoms with Crippen molar-refractivity contribution in [1.29, 1.82) is 0 Å². The monoisotopic (exact) mass is 217 g/mol. The predicted octanol–water partition coefficient (Wildman–Crippen LogP) is 2.35. The molecule has 0 aromatic heterocycles. The van der Waals surface area contributed by atoms with Gasteiger partial charge in [0, 0.05) is 19.0 Å². The molecule has 0 spiro atoms. The molecule has 0 atom stereocenters. The number of nitrogens with zero attached hydrogens (tertiary/aromatic N) is 1. The molecule has 0 aromatic carbocycles. The third-order valence-corrected chi connectivity index (χ3v) is 2.07. The highest BCUT2D eigenvalue weighted by Gasteiger charge is 2.01. The summed E-state index contributed by atoms with van der Waals surface area (Å²) in [5, 5.41) is 0. The maximum absolute atomic E-state index is 10.6. The first kappa shape index (κ1) is 17.0. The lowest BCUT2D eigenvalue weighted by Crippen LogP contribution is -2.29. The molecule has 0 radical (unpaired) electrons. The van der Waals surface area contributed by atoms with E-state index in [4.69, 9.17) is 4.74 Å². The van der Waals surface area contributed by atoms with Crippen LogP contribution in [0.1, 0.15) is 41.0 Å². The Balaban J connectivity index is 0. The van der Waals surface area contributed by atoms with Crippen LogP contribution in [0.25, 0.3) is 0 Å². The first-order valence-electron chi connectivity index (χ1n) is 5.81. The van der Waals surface area contributed by atoms with Crippen LogP contribution in [0.5, 0.6) is 0 Å². The van der Waals surface area contributed by atoms with Gasteiger partial charge >= 0.3 is 0 Å². The highest BCUT2D eigenvalue weighted by Crippen LogP contribution is 1.93. The summed E-state index contributed by atoms with van der Waals surface area (Å²) in [5.74, 6) is 0.192. The van der Waals surface area contributed by atoms with E-state index in [9.17, 15) is 4.79 Å². The zero-order chi connectivity index (χ0) is 12.3. The Labute approximate surface area is 94.8 Å². The first-order valence-corrected chi connectivity index (χ1v) is 5.81. The molecule has 0 bridgehead atoms. The van der Waals surface area contributed by atoms with Crippen LogP contribution in [0.4, 0.5) is 0 Å². The second kappa shape index (κ2) is 11.7. The summed E-state index contributed by atoms with van der Waals surface area (Å²) >= 11 is 0. The summed E-state index contributed by atoms with van der Waals surface area (Å²) < 4.78 is 5.30. The second-order valence-corrected chi connectivity index (χ2v) is 3.64. The molecule has 15 heavy (non-hydrogen) atoms. The van der Waals surface area contributed by atoms with Gasteiger partial charge in [0.1, 0.15) is 5.78 Å². The van der Waals surface area contributed by atoms with Gasteiger partial charge in [-0.3, -0.25) is 4.79 Å². The molecular formula is C12H27NO2. The van der Waals surface area contributed by atoms with Crippen LogP contribution in [0.15, 0.2) is 0 Å². The minimum absolute atomic E-state index is 0.192. The zero-order valence-corrected chi connectivity index (χ0v) is 11.2. The molecular weight excluding hydrogens is 190 g/mol. The third-order valence-electron chi connectivity index (χ3n) is 2.07. The Morgan fingerprint density at radius 2 is 1.80 bits per heavy atom. The van der Waals surface area contributed by atoms with E-state index in [-0.39, 0.29) is 5.78 Å². The van der Waals surface area contributed by atoms with Crippen molar-refractivity contribution in [3.63, 3.8) is 0 Å².